The molecule has 1 fully saturated rings. The molecule has 8 heteroatoms. The van der Waals surface area contributed by atoms with Crippen molar-refractivity contribution < 1.29 is 14.3 Å². The second kappa shape index (κ2) is 8.43. The van der Waals surface area contributed by atoms with Crippen LogP contribution in [0.1, 0.15) is 18.5 Å². The summed E-state index contributed by atoms with van der Waals surface area (Å²) >= 11 is 6.05. The Kier molecular flexibility index (Phi) is 6.01. The van der Waals surface area contributed by atoms with Gasteiger partial charge in [-0.25, -0.2) is 4.98 Å². The van der Waals surface area contributed by atoms with Gasteiger partial charge >= 0.3 is 0 Å². The van der Waals surface area contributed by atoms with Crippen LogP contribution in [0.5, 0.6) is 11.6 Å². The summed E-state index contributed by atoms with van der Waals surface area (Å²) in [4.78, 5) is 23.7. The molecule has 2 heterocycles. The molecule has 0 spiro atoms. The monoisotopic (exact) mass is 390 g/mol. The number of halogens is 1. The SMILES string of the molecule is COc1cc(C)nc(N2CCC[C@@H](C(=O)Nc3cc(Cl)ccc3OC)C2)n1. The number of amides is 1. The number of ether oxygens (including phenoxy) is 2. The van der Waals surface area contributed by atoms with Gasteiger partial charge in [0.25, 0.3) is 0 Å². The van der Waals surface area contributed by atoms with Gasteiger partial charge < -0.3 is 19.7 Å². The number of nitrogens with one attached hydrogen (secondary N) is 1. The van der Waals surface area contributed by atoms with Crippen LogP contribution in [0.25, 0.3) is 0 Å². The van der Waals surface area contributed by atoms with E-state index in [0.29, 0.717) is 34.8 Å². The molecule has 2 aromatic rings. The normalized spacial score (nSPS) is 16.7. The van der Waals surface area contributed by atoms with E-state index in [1.165, 1.54) is 0 Å². The Bertz CT molecular complexity index is 831. The molecule has 1 aliphatic rings. The van der Waals surface area contributed by atoms with Crippen LogP contribution in [0.4, 0.5) is 11.6 Å². The van der Waals surface area contributed by atoms with Crippen LogP contribution in [0, 0.1) is 12.8 Å². The number of hydrogen-bond donors (Lipinski definition) is 1. The smallest absolute Gasteiger partial charge is 0.229 e. The Hall–Kier alpha value is -2.54. The van der Waals surface area contributed by atoms with Crippen LogP contribution in [0.3, 0.4) is 0 Å². The highest BCUT2D eigenvalue weighted by Gasteiger charge is 2.28. The largest absolute Gasteiger partial charge is 0.495 e. The van der Waals surface area contributed by atoms with Crippen molar-refractivity contribution in [1.29, 1.82) is 0 Å². The predicted octanol–water partition coefficient (Wildman–Crippen LogP) is 3.31. The Morgan fingerprint density at radius 3 is 2.81 bits per heavy atom. The number of anilines is 2. The van der Waals surface area contributed by atoms with E-state index in [1.54, 1.807) is 38.5 Å². The second-order valence-electron chi connectivity index (χ2n) is 6.47. The van der Waals surface area contributed by atoms with Crippen molar-refractivity contribution in [2.75, 3.05) is 37.5 Å². The lowest BCUT2D eigenvalue weighted by molar-refractivity contribution is -0.120. The van der Waals surface area contributed by atoms with Gasteiger partial charge in [0.15, 0.2) is 0 Å². The van der Waals surface area contributed by atoms with E-state index in [0.717, 1.165) is 25.1 Å². The lowest BCUT2D eigenvalue weighted by atomic mass is 9.97. The summed E-state index contributed by atoms with van der Waals surface area (Å²) in [6.45, 7) is 3.24. The molecule has 1 amide bonds. The van der Waals surface area contributed by atoms with Crippen molar-refractivity contribution in [1.82, 2.24) is 9.97 Å². The third-order valence-corrected chi connectivity index (χ3v) is 4.76. The van der Waals surface area contributed by atoms with Gasteiger partial charge in [0, 0.05) is 29.9 Å². The van der Waals surface area contributed by atoms with Crippen LogP contribution >= 0.6 is 11.6 Å². The maximum Gasteiger partial charge on any atom is 0.229 e. The summed E-state index contributed by atoms with van der Waals surface area (Å²) in [5.41, 5.74) is 1.40. The van der Waals surface area contributed by atoms with Gasteiger partial charge in [0.1, 0.15) is 5.75 Å². The Morgan fingerprint density at radius 2 is 2.07 bits per heavy atom. The molecule has 27 heavy (non-hydrogen) atoms. The fourth-order valence-electron chi connectivity index (χ4n) is 3.16. The zero-order chi connectivity index (χ0) is 19.4. The standard InChI is InChI=1S/C19H23ClN4O3/c1-12-9-17(27-3)23-19(21-12)24-8-4-5-13(11-24)18(25)22-15-10-14(20)6-7-16(15)26-2/h6-7,9-10,13H,4-5,8,11H2,1-3H3,(H,22,25)/t13-/m1/s1. The van der Waals surface area contributed by atoms with E-state index in [1.807, 2.05) is 11.8 Å². The van der Waals surface area contributed by atoms with Crippen molar-refractivity contribution in [2.24, 2.45) is 5.92 Å². The van der Waals surface area contributed by atoms with Crippen LogP contribution in [0.15, 0.2) is 24.3 Å². The summed E-state index contributed by atoms with van der Waals surface area (Å²) in [5, 5.41) is 3.48. The molecule has 7 nitrogen and oxygen atoms in total. The van der Waals surface area contributed by atoms with E-state index in [2.05, 4.69) is 15.3 Å². The van der Waals surface area contributed by atoms with Crippen LogP contribution in [-0.4, -0.2) is 43.2 Å². The van der Waals surface area contributed by atoms with Gasteiger partial charge in [0.05, 0.1) is 25.8 Å². The summed E-state index contributed by atoms with van der Waals surface area (Å²) in [7, 11) is 3.14. The zero-order valence-corrected chi connectivity index (χ0v) is 16.4. The van der Waals surface area contributed by atoms with E-state index in [9.17, 15) is 4.79 Å². The minimum Gasteiger partial charge on any atom is -0.495 e. The van der Waals surface area contributed by atoms with Gasteiger partial charge in [0.2, 0.25) is 17.7 Å². The lowest BCUT2D eigenvalue weighted by Crippen LogP contribution is -2.41. The predicted molar refractivity (Wildman–Crippen MR) is 105 cm³/mol. The topological polar surface area (TPSA) is 76.6 Å². The number of hydrogen-bond acceptors (Lipinski definition) is 6. The molecule has 0 unspecified atom stereocenters. The number of rotatable bonds is 5. The Balaban J connectivity index is 1.73. The number of piperidine rings is 1. The molecule has 0 bridgehead atoms. The van der Waals surface area contributed by atoms with E-state index in [-0.39, 0.29) is 11.8 Å². The molecule has 1 aromatic heterocycles. The van der Waals surface area contributed by atoms with Crippen molar-refractivity contribution in [2.45, 2.75) is 19.8 Å². The molecule has 0 aliphatic carbocycles. The van der Waals surface area contributed by atoms with Gasteiger partial charge in [-0.3, -0.25) is 4.79 Å². The first-order valence-corrected chi connectivity index (χ1v) is 9.17. The number of nitrogens with zero attached hydrogens (tertiary/aromatic N) is 3. The molecule has 1 atom stereocenters. The molecule has 1 N–H and O–H groups in total. The Morgan fingerprint density at radius 1 is 1.26 bits per heavy atom. The maximum absolute atomic E-state index is 12.8. The minimum atomic E-state index is -0.183. The maximum atomic E-state index is 12.8. The van der Waals surface area contributed by atoms with Gasteiger partial charge in [-0.15, -0.1) is 0 Å². The fourth-order valence-corrected chi connectivity index (χ4v) is 3.33. The average molecular weight is 391 g/mol. The highest BCUT2D eigenvalue weighted by molar-refractivity contribution is 6.31. The van der Waals surface area contributed by atoms with Crippen LogP contribution in [0.2, 0.25) is 5.02 Å². The number of carbonyl (C=O) groups excluding carboxylic acids is 1. The second-order valence-corrected chi connectivity index (χ2v) is 6.91. The Labute approximate surface area is 163 Å². The van der Waals surface area contributed by atoms with Gasteiger partial charge in [-0.1, -0.05) is 11.6 Å². The van der Waals surface area contributed by atoms with Crippen molar-refractivity contribution in [3.8, 4) is 11.6 Å². The lowest BCUT2D eigenvalue weighted by Gasteiger charge is -2.32. The third kappa shape index (κ3) is 4.60. The molecule has 1 aromatic carbocycles. The fraction of sp³-hybridized carbons (Fsp3) is 0.421. The number of aryl methyl sites for hydroxylation is 1. The van der Waals surface area contributed by atoms with Gasteiger partial charge in [-0.05, 0) is 38.0 Å². The molecular weight excluding hydrogens is 368 g/mol. The summed E-state index contributed by atoms with van der Waals surface area (Å²) in [5.74, 6) is 1.43. The summed E-state index contributed by atoms with van der Waals surface area (Å²) < 4.78 is 10.5. The number of carbonyl (C=O) groups is 1. The first kappa shape index (κ1) is 19.2. The molecule has 0 radical (unpaired) electrons. The molecular formula is C19H23ClN4O3. The number of aromatic nitrogens is 2. The molecule has 1 saturated heterocycles. The van der Waals surface area contributed by atoms with Crippen LogP contribution < -0.4 is 19.7 Å². The molecule has 144 valence electrons. The summed E-state index contributed by atoms with van der Waals surface area (Å²) in [6, 6.07) is 6.93. The first-order chi connectivity index (χ1) is 13.0. The van der Waals surface area contributed by atoms with Crippen LogP contribution in [-0.2, 0) is 4.79 Å². The molecule has 3 rings (SSSR count). The summed E-state index contributed by atoms with van der Waals surface area (Å²) in [6.07, 6.45) is 1.68. The van der Waals surface area contributed by atoms with Crippen molar-refractivity contribution >= 4 is 29.1 Å². The van der Waals surface area contributed by atoms with E-state index in [4.69, 9.17) is 21.1 Å². The average Bonchev–Trinajstić information content (AvgIpc) is 2.67. The van der Waals surface area contributed by atoms with Crippen molar-refractivity contribution in [3.05, 3.63) is 35.0 Å². The highest BCUT2D eigenvalue weighted by atomic mass is 35.5. The van der Waals surface area contributed by atoms with E-state index < -0.39 is 0 Å². The molecule has 1 aliphatic heterocycles. The zero-order valence-electron chi connectivity index (χ0n) is 15.7. The number of methoxy groups -OCH3 is 2. The minimum absolute atomic E-state index is 0.0696. The van der Waals surface area contributed by atoms with Gasteiger partial charge in [-0.2, -0.15) is 4.98 Å². The molecule has 0 saturated carbocycles. The quantitative estimate of drug-likeness (QED) is 0.844. The number of benzene rings is 1. The van der Waals surface area contributed by atoms with Crippen molar-refractivity contribution in [3.63, 3.8) is 0 Å². The van der Waals surface area contributed by atoms with E-state index >= 15 is 0 Å². The first-order valence-electron chi connectivity index (χ1n) is 8.79. The third-order valence-electron chi connectivity index (χ3n) is 4.52. The highest BCUT2D eigenvalue weighted by Crippen LogP contribution is 2.29.